The Kier molecular flexibility index (Phi) is 4.58. The Balaban J connectivity index is 1.87. The number of carboxylic acid groups (broad SMARTS) is 1. The minimum atomic E-state index is -0.907. The second kappa shape index (κ2) is 6.65. The molecule has 4 nitrogen and oxygen atoms in total. The number of rotatable bonds is 3. The van der Waals surface area contributed by atoms with Crippen molar-refractivity contribution in [1.29, 1.82) is 0 Å². The van der Waals surface area contributed by atoms with E-state index in [9.17, 15) is 14.7 Å². The number of carbonyl (C=O) groups is 2. The lowest BCUT2D eigenvalue weighted by Gasteiger charge is -2.34. The summed E-state index contributed by atoms with van der Waals surface area (Å²) in [5, 5.41) is 10.1. The molecule has 5 heteroatoms. The van der Waals surface area contributed by atoms with Crippen molar-refractivity contribution >= 4 is 23.5 Å². The van der Waals surface area contributed by atoms with Crippen molar-refractivity contribution in [3.05, 3.63) is 70.2 Å². The summed E-state index contributed by atoms with van der Waals surface area (Å²) in [5.74, 6) is -2.05. The third-order valence-electron chi connectivity index (χ3n) is 4.52. The van der Waals surface area contributed by atoms with Gasteiger partial charge in [0.25, 0.3) is 0 Å². The molecule has 1 aliphatic rings. The van der Waals surface area contributed by atoms with Gasteiger partial charge in [0.15, 0.2) is 0 Å². The maximum Gasteiger partial charge on any atom is 0.312 e. The van der Waals surface area contributed by atoms with Gasteiger partial charge in [-0.3, -0.25) is 9.59 Å². The Morgan fingerprint density at radius 3 is 2.67 bits per heavy atom. The Labute approximate surface area is 145 Å². The molecule has 0 saturated heterocycles. The molecule has 0 aromatic heterocycles. The smallest absolute Gasteiger partial charge is 0.312 e. The maximum absolute atomic E-state index is 12.9. The summed E-state index contributed by atoms with van der Waals surface area (Å²) in [6.07, 6.45) is 0. The number of fused-ring (bicyclic) bond motifs is 1. The van der Waals surface area contributed by atoms with Crippen molar-refractivity contribution in [2.75, 3.05) is 6.54 Å². The number of hydrogen-bond donors (Lipinski definition) is 1. The zero-order valence-electron chi connectivity index (χ0n) is 13.3. The lowest BCUT2D eigenvalue weighted by atomic mass is 9.88. The van der Waals surface area contributed by atoms with Crippen molar-refractivity contribution in [3.63, 3.8) is 0 Å². The lowest BCUT2D eigenvalue weighted by molar-refractivity contribution is -0.141. The van der Waals surface area contributed by atoms with Crippen molar-refractivity contribution in [2.45, 2.75) is 25.3 Å². The second-order valence-electron chi connectivity index (χ2n) is 6.09. The molecular weight excluding hydrogens is 326 g/mol. The van der Waals surface area contributed by atoms with Crippen LogP contribution in [0.5, 0.6) is 0 Å². The van der Waals surface area contributed by atoms with Gasteiger partial charge in [-0.15, -0.1) is 0 Å². The molecule has 0 radical (unpaired) electrons. The number of hydrogen-bond acceptors (Lipinski definition) is 2. The predicted molar refractivity (Wildman–Crippen MR) is 92.1 cm³/mol. The molecule has 2 unspecified atom stereocenters. The van der Waals surface area contributed by atoms with Crippen LogP contribution in [-0.4, -0.2) is 28.4 Å². The minimum absolute atomic E-state index is 0.0852. The van der Waals surface area contributed by atoms with Gasteiger partial charge in [-0.1, -0.05) is 48.0 Å². The van der Waals surface area contributed by atoms with Gasteiger partial charge in [-0.25, -0.2) is 0 Å². The largest absolute Gasteiger partial charge is 0.481 e. The number of aliphatic carboxylic acids is 1. The van der Waals surface area contributed by atoms with Crippen LogP contribution in [0.1, 0.15) is 35.4 Å². The number of amides is 1. The van der Waals surface area contributed by atoms with Crippen LogP contribution >= 0.6 is 11.6 Å². The first kappa shape index (κ1) is 16.5. The predicted octanol–water partition coefficient (Wildman–Crippen LogP) is 3.65. The highest BCUT2D eigenvalue weighted by molar-refractivity contribution is 6.30. The second-order valence-corrected chi connectivity index (χ2v) is 6.52. The fourth-order valence-electron chi connectivity index (χ4n) is 3.18. The lowest BCUT2D eigenvalue weighted by Crippen LogP contribution is -2.42. The molecule has 124 valence electrons. The highest BCUT2D eigenvalue weighted by atomic mass is 35.5. The molecular formula is C19H18ClNO3. The van der Waals surface area contributed by atoms with Gasteiger partial charge in [0.2, 0.25) is 5.91 Å². The number of carboxylic acids is 1. The van der Waals surface area contributed by atoms with Crippen LogP contribution in [0.4, 0.5) is 0 Å². The Morgan fingerprint density at radius 1 is 1.21 bits per heavy atom. The third-order valence-corrected chi connectivity index (χ3v) is 4.76. The van der Waals surface area contributed by atoms with E-state index in [4.69, 9.17) is 11.6 Å². The van der Waals surface area contributed by atoms with Crippen LogP contribution in [0.25, 0.3) is 0 Å². The normalized spacial score (nSPS) is 17.9. The summed E-state index contributed by atoms with van der Waals surface area (Å²) in [7, 11) is 0. The first-order valence-electron chi connectivity index (χ1n) is 7.82. The average molecular weight is 344 g/mol. The minimum Gasteiger partial charge on any atom is -0.481 e. The Hall–Kier alpha value is -2.33. The van der Waals surface area contributed by atoms with E-state index in [1.54, 1.807) is 17.0 Å². The van der Waals surface area contributed by atoms with Crippen LogP contribution in [0, 0.1) is 0 Å². The van der Waals surface area contributed by atoms with E-state index in [2.05, 4.69) is 0 Å². The summed E-state index contributed by atoms with van der Waals surface area (Å²) < 4.78 is 0. The molecule has 0 bridgehead atoms. The molecule has 1 amide bonds. The quantitative estimate of drug-likeness (QED) is 0.925. The SMILES string of the molecule is CC(C(=O)N1Cc2ccccc2C(C(=O)O)C1)c1cccc(Cl)c1. The summed E-state index contributed by atoms with van der Waals surface area (Å²) >= 11 is 6.01. The molecule has 1 heterocycles. The van der Waals surface area contributed by atoms with Crippen LogP contribution in [0.2, 0.25) is 5.02 Å². The molecule has 0 fully saturated rings. The number of nitrogens with zero attached hydrogens (tertiary/aromatic N) is 1. The molecule has 0 saturated carbocycles. The van der Waals surface area contributed by atoms with Gasteiger partial charge in [-0.2, -0.15) is 0 Å². The zero-order chi connectivity index (χ0) is 17.3. The van der Waals surface area contributed by atoms with Gasteiger partial charge in [0.05, 0.1) is 11.8 Å². The van der Waals surface area contributed by atoms with Crippen LogP contribution in [0.15, 0.2) is 48.5 Å². The number of carbonyl (C=O) groups excluding carboxylic acids is 1. The fourth-order valence-corrected chi connectivity index (χ4v) is 3.38. The first-order chi connectivity index (χ1) is 11.5. The maximum atomic E-state index is 12.9. The first-order valence-corrected chi connectivity index (χ1v) is 8.20. The van der Waals surface area contributed by atoms with Crippen molar-refractivity contribution in [3.8, 4) is 0 Å². The van der Waals surface area contributed by atoms with Crippen LogP contribution < -0.4 is 0 Å². The molecule has 1 aliphatic heterocycles. The average Bonchev–Trinajstić information content (AvgIpc) is 2.59. The van der Waals surface area contributed by atoms with E-state index in [1.165, 1.54) is 0 Å². The van der Waals surface area contributed by atoms with Gasteiger partial charge >= 0.3 is 5.97 Å². The molecule has 3 rings (SSSR count). The van der Waals surface area contributed by atoms with Gasteiger partial charge in [-0.05, 0) is 35.7 Å². The number of halogens is 1. The van der Waals surface area contributed by atoms with Gasteiger partial charge in [0.1, 0.15) is 0 Å². The third kappa shape index (κ3) is 3.15. The van der Waals surface area contributed by atoms with Gasteiger partial charge in [0, 0.05) is 18.1 Å². The molecule has 2 aromatic rings. The van der Waals surface area contributed by atoms with E-state index in [1.807, 2.05) is 43.3 Å². The molecule has 1 N–H and O–H groups in total. The summed E-state index contributed by atoms with van der Waals surface area (Å²) in [6, 6.07) is 14.6. The van der Waals surface area contributed by atoms with E-state index in [0.29, 0.717) is 11.6 Å². The van der Waals surface area contributed by atoms with Crippen LogP contribution in [-0.2, 0) is 16.1 Å². The van der Waals surface area contributed by atoms with E-state index in [0.717, 1.165) is 16.7 Å². The molecule has 0 spiro atoms. The molecule has 2 aromatic carbocycles. The molecule has 24 heavy (non-hydrogen) atoms. The Morgan fingerprint density at radius 2 is 1.96 bits per heavy atom. The number of benzene rings is 2. The van der Waals surface area contributed by atoms with Crippen molar-refractivity contribution < 1.29 is 14.7 Å². The van der Waals surface area contributed by atoms with E-state index in [-0.39, 0.29) is 18.4 Å². The van der Waals surface area contributed by atoms with E-state index < -0.39 is 11.9 Å². The topological polar surface area (TPSA) is 57.6 Å². The highest BCUT2D eigenvalue weighted by Crippen LogP contribution is 2.31. The fraction of sp³-hybridized carbons (Fsp3) is 0.263. The summed E-state index contributed by atoms with van der Waals surface area (Å²) in [4.78, 5) is 26.1. The summed E-state index contributed by atoms with van der Waals surface area (Å²) in [6.45, 7) is 2.45. The van der Waals surface area contributed by atoms with Crippen LogP contribution in [0.3, 0.4) is 0 Å². The molecule has 2 atom stereocenters. The Bertz CT molecular complexity index is 790. The zero-order valence-corrected chi connectivity index (χ0v) is 14.0. The van der Waals surface area contributed by atoms with Crippen molar-refractivity contribution in [1.82, 2.24) is 4.90 Å². The van der Waals surface area contributed by atoms with Gasteiger partial charge < -0.3 is 10.0 Å². The highest BCUT2D eigenvalue weighted by Gasteiger charge is 2.34. The van der Waals surface area contributed by atoms with Crippen molar-refractivity contribution in [2.24, 2.45) is 0 Å². The molecule has 0 aliphatic carbocycles. The summed E-state index contributed by atoms with van der Waals surface area (Å²) in [5.41, 5.74) is 2.52. The monoisotopic (exact) mass is 343 g/mol. The standard InChI is InChI=1S/C19H18ClNO3/c1-12(13-6-4-7-15(20)9-13)18(22)21-10-14-5-2-3-8-16(14)17(11-21)19(23)24/h2-9,12,17H,10-11H2,1H3,(H,23,24). The van der Waals surface area contributed by atoms with E-state index >= 15 is 0 Å².